The quantitative estimate of drug-likeness (QED) is 0.332. The summed E-state index contributed by atoms with van der Waals surface area (Å²) in [4.78, 5) is 0.565. The van der Waals surface area contributed by atoms with Gasteiger partial charge in [-0.2, -0.15) is 0 Å². The molecule has 0 heterocycles. The first-order chi connectivity index (χ1) is 9.25. The van der Waals surface area contributed by atoms with Crippen molar-refractivity contribution in [3.8, 4) is 0 Å². The first-order valence-corrected chi connectivity index (χ1v) is 8.86. The van der Waals surface area contributed by atoms with Gasteiger partial charge in [0.1, 0.15) is 0 Å². The predicted molar refractivity (Wildman–Crippen MR) is 90.2 cm³/mol. The van der Waals surface area contributed by atoms with E-state index in [1.165, 1.54) is 56.9 Å². The Bertz CT molecular complexity index is 305. The lowest BCUT2D eigenvalue weighted by atomic mass is 9.91. The number of rotatable bonds is 10. The molecule has 1 rings (SSSR count). The number of halogens is 1. The number of alkyl halides is 1. The van der Waals surface area contributed by atoms with Gasteiger partial charge in [0.05, 0.1) is 0 Å². The Morgan fingerprint density at radius 2 is 1.47 bits per heavy atom. The van der Waals surface area contributed by atoms with Gasteiger partial charge < -0.3 is 0 Å². The highest BCUT2D eigenvalue weighted by Crippen LogP contribution is 2.30. The third kappa shape index (κ3) is 7.15. The van der Waals surface area contributed by atoms with Gasteiger partial charge in [0.15, 0.2) is 0 Å². The highest BCUT2D eigenvalue weighted by Gasteiger charge is 2.16. The molecule has 0 fully saturated rings. The van der Waals surface area contributed by atoms with Gasteiger partial charge in [-0.15, -0.1) is 0 Å². The zero-order valence-electron chi connectivity index (χ0n) is 12.6. The standard InChI is InChI=1S/C18H29Br/c1-3-4-5-6-7-8-12-15-18(16(2)19)17-13-10-9-11-14-17/h9-11,13-14,16,18H,3-8,12,15H2,1-2H3. The van der Waals surface area contributed by atoms with Crippen molar-refractivity contribution < 1.29 is 0 Å². The van der Waals surface area contributed by atoms with Crippen LogP contribution in [0.25, 0.3) is 0 Å². The van der Waals surface area contributed by atoms with Gasteiger partial charge in [-0.3, -0.25) is 0 Å². The minimum atomic E-state index is 0.565. The summed E-state index contributed by atoms with van der Waals surface area (Å²) in [6, 6.07) is 10.9. The van der Waals surface area contributed by atoms with Crippen molar-refractivity contribution in [1.29, 1.82) is 0 Å². The maximum absolute atomic E-state index is 3.78. The highest BCUT2D eigenvalue weighted by molar-refractivity contribution is 9.09. The van der Waals surface area contributed by atoms with Crippen LogP contribution in [-0.2, 0) is 0 Å². The Labute approximate surface area is 128 Å². The van der Waals surface area contributed by atoms with Crippen LogP contribution in [0.2, 0.25) is 0 Å². The van der Waals surface area contributed by atoms with Crippen LogP contribution in [0.15, 0.2) is 30.3 Å². The van der Waals surface area contributed by atoms with Crippen molar-refractivity contribution in [2.24, 2.45) is 0 Å². The zero-order valence-corrected chi connectivity index (χ0v) is 14.2. The van der Waals surface area contributed by atoms with Crippen LogP contribution >= 0.6 is 15.9 Å². The zero-order chi connectivity index (χ0) is 13.9. The van der Waals surface area contributed by atoms with E-state index in [-0.39, 0.29) is 0 Å². The Balaban J connectivity index is 2.24. The topological polar surface area (TPSA) is 0 Å². The Morgan fingerprint density at radius 3 is 2.05 bits per heavy atom. The molecule has 1 heteroatoms. The predicted octanol–water partition coefficient (Wildman–Crippen LogP) is 6.69. The molecular formula is C18H29Br. The summed E-state index contributed by atoms with van der Waals surface area (Å²) in [6.07, 6.45) is 11.1. The van der Waals surface area contributed by atoms with Gasteiger partial charge in [-0.05, 0) is 17.9 Å². The molecule has 0 bridgehead atoms. The van der Waals surface area contributed by atoms with Crippen LogP contribution < -0.4 is 0 Å². The molecule has 0 N–H and O–H groups in total. The Kier molecular flexibility index (Phi) is 9.24. The summed E-state index contributed by atoms with van der Waals surface area (Å²) in [7, 11) is 0. The van der Waals surface area contributed by atoms with Gasteiger partial charge in [0.2, 0.25) is 0 Å². The second-order valence-corrected chi connectivity index (χ2v) is 7.05. The van der Waals surface area contributed by atoms with Gasteiger partial charge in [-0.25, -0.2) is 0 Å². The molecule has 0 aromatic heterocycles. The number of unbranched alkanes of at least 4 members (excludes halogenated alkanes) is 6. The molecule has 0 amide bonds. The molecule has 19 heavy (non-hydrogen) atoms. The summed E-state index contributed by atoms with van der Waals surface area (Å²) in [5.74, 6) is 0.664. The molecule has 0 saturated heterocycles. The van der Waals surface area contributed by atoms with Crippen LogP contribution in [0.4, 0.5) is 0 Å². The molecule has 0 nitrogen and oxygen atoms in total. The van der Waals surface area contributed by atoms with Crippen molar-refractivity contribution in [3.05, 3.63) is 35.9 Å². The van der Waals surface area contributed by atoms with E-state index in [9.17, 15) is 0 Å². The van der Waals surface area contributed by atoms with E-state index in [0.717, 1.165) is 0 Å². The van der Waals surface area contributed by atoms with E-state index >= 15 is 0 Å². The molecule has 1 aromatic carbocycles. The fraction of sp³-hybridized carbons (Fsp3) is 0.667. The fourth-order valence-corrected chi connectivity index (χ4v) is 3.25. The third-order valence-corrected chi connectivity index (χ3v) is 4.54. The van der Waals surface area contributed by atoms with Crippen molar-refractivity contribution in [2.45, 2.75) is 76.0 Å². The third-order valence-electron chi connectivity index (χ3n) is 3.90. The van der Waals surface area contributed by atoms with Crippen LogP contribution in [0.3, 0.4) is 0 Å². The second kappa shape index (κ2) is 10.5. The Morgan fingerprint density at radius 1 is 0.895 bits per heavy atom. The Hall–Kier alpha value is -0.300. The summed E-state index contributed by atoms with van der Waals surface area (Å²) < 4.78 is 0. The highest BCUT2D eigenvalue weighted by atomic mass is 79.9. The van der Waals surface area contributed by atoms with Crippen LogP contribution in [-0.4, -0.2) is 4.83 Å². The van der Waals surface area contributed by atoms with Gasteiger partial charge >= 0.3 is 0 Å². The summed E-state index contributed by atoms with van der Waals surface area (Å²) in [6.45, 7) is 4.56. The maximum atomic E-state index is 3.78. The van der Waals surface area contributed by atoms with Crippen molar-refractivity contribution in [1.82, 2.24) is 0 Å². The average Bonchev–Trinajstić information content (AvgIpc) is 2.42. The second-order valence-electron chi connectivity index (χ2n) is 5.60. The lowest BCUT2D eigenvalue weighted by molar-refractivity contribution is 0.533. The minimum absolute atomic E-state index is 0.565. The minimum Gasteiger partial charge on any atom is -0.0887 e. The molecule has 2 atom stereocenters. The van der Waals surface area contributed by atoms with E-state index in [1.807, 2.05) is 0 Å². The van der Waals surface area contributed by atoms with Crippen molar-refractivity contribution in [3.63, 3.8) is 0 Å². The average molecular weight is 325 g/mol. The van der Waals surface area contributed by atoms with Crippen molar-refractivity contribution in [2.75, 3.05) is 0 Å². The smallest absolute Gasteiger partial charge is 0.0186 e. The van der Waals surface area contributed by atoms with E-state index in [0.29, 0.717) is 10.7 Å². The molecule has 1 aromatic rings. The van der Waals surface area contributed by atoms with Gasteiger partial charge in [0.25, 0.3) is 0 Å². The molecule has 0 spiro atoms. The van der Waals surface area contributed by atoms with E-state index in [4.69, 9.17) is 0 Å². The molecule has 0 aliphatic rings. The van der Waals surface area contributed by atoms with Crippen molar-refractivity contribution >= 4 is 15.9 Å². The first-order valence-electron chi connectivity index (χ1n) is 7.94. The summed E-state index contributed by atoms with van der Waals surface area (Å²) in [5, 5.41) is 0. The number of benzene rings is 1. The van der Waals surface area contributed by atoms with Crippen LogP contribution in [0, 0.1) is 0 Å². The van der Waals surface area contributed by atoms with E-state index in [1.54, 1.807) is 0 Å². The monoisotopic (exact) mass is 324 g/mol. The summed E-state index contributed by atoms with van der Waals surface area (Å²) in [5.41, 5.74) is 1.48. The first kappa shape index (κ1) is 16.8. The lowest BCUT2D eigenvalue weighted by Crippen LogP contribution is -2.08. The van der Waals surface area contributed by atoms with Crippen LogP contribution in [0.1, 0.15) is 76.7 Å². The van der Waals surface area contributed by atoms with Gasteiger partial charge in [0, 0.05) is 4.83 Å². The molecule has 0 aliphatic heterocycles. The molecule has 0 saturated carbocycles. The molecular weight excluding hydrogens is 296 g/mol. The van der Waals surface area contributed by atoms with E-state index in [2.05, 4.69) is 60.1 Å². The van der Waals surface area contributed by atoms with E-state index < -0.39 is 0 Å². The number of hydrogen-bond donors (Lipinski definition) is 0. The maximum Gasteiger partial charge on any atom is 0.0186 e. The normalized spacial score (nSPS) is 14.3. The molecule has 2 unspecified atom stereocenters. The molecule has 108 valence electrons. The van der Waals surface area contributed by atoms with Crippen LogP contribution in [0.5, 0.6) is 0 Å². The lowest BCUT2D eigenvalue weighted by Gasteiger charge is -2.20. The fourth-order valence-electron chi connectivity index (χ4n) is 2.68. The van der Waals surface area contributed by atoms with Gasteiger partial charge in [-0.1, -0.05) is 105 Å². The molecule has 0 aliphatic carbocycles. The SMILES string of the molecule is CCCCCCCCCC(c1ccccc1)C(C)Br. The summed E-state index contributed by atoms with van der Waals surface area (Å²) >= 11 is 3.78. The number of hydrogen-bond acceptors (Lipinski definition) is 0. The largest absolute Gasteiger partial charge is 0.0887 e. The molecule has 0 radical (unpaired) electrons.